The smallest absolute Gasteiger partial charge is 0.223 e. The highest BCUT2D eigenvalue weighted by Gasteiger charge is 2.38. The summed E-state index contributed by atoms with van der Waals surface area (Å²) in [6, 6.07) is 7.77. The maximum absolute atomic E-state index is 12.6. The summed E-state index contributed by atoms with van der Waals surface area (Å²) >= 11 is 0. The lowest BCUT2D eigenvalue weighted by molar-refractivity contribution is -0.139. The predicted molar refractivity (Wildman–Crippen MR) is 84.2 cm³/mol. The molecule has 1 aromatic carbocycles. The first-order chi connectivity index (χ1) is 9.84. The Kier molecular flexibility index (Phi) is 4.57. The zero-order chi connectivity index (χ0) is 15.6. The Balaban J connectivity index is 2.43. The normalized spacial score (nSPS) is 23.9. The van der Waals surface area contributed by atoms with Crippen molar-refractivity contribution in [3.63, 3.8) is 0 Å². The van der Waals surface area contributed by atoms with Crippen molar-refractivity contribution in [2.75, 3.05) is 7.11 Å². The third kappa shape index (κ3) is 3.38. The van der Waals surface area contributed by atoms with E-state index in [-0.39, 0.29) is 23.5 Å². The first-order valence-corrected chi connectivity index (χ1v) is 7.56. The molecular weight excluding hydrogens is 264 g/mol. The SMILES string of the molecule is COc1ccc(C2C(N)CCCC(=O)N2C(C)(C)C)cc1. The van der Waals surface area contributed by atoms with Gasteiger partial charge in [-0.25, -0.2) is 0 Å². The Bertz CT molecular complexity index is 491. The number of nitrogens with zero attached hydrogens (tertiary/aromatic N) is 1. The Morgan fingerprint density at radius 1 is 1.24 bits per heavy atom. The van der Waals surface area contributed by atoms with E-state index in [2.05, 4.69) is 20.8 Å². The van der Waals surface area contributed by atoms with Crippen molar-refractivity contribution in [3.8, 4) is 5.75 Å². The zero-order valence-corrected chi connectivity index (χ0v) is 13.4. The van der Waals surface area contributed by atoms with E-state index in [4.69, 9.17) is 10.5 Å². The number of likely N-dealkylation sites (tertiary alicyclic amines) is 1. The topological polar surface area (TPSA) is 55.6 Å². The summed E-state index contributed by atoms with van der Waals surface area (Å²) in [6.07, 6.45) is 2.31. The lowest BCUT2D eigenvalue weighted by atomic mass is 9.92. The van der Waals surface area contributed by atoms with Crippen molar-refractivity contribution in [2.24, 2.45) is 5.73 Å². The fraction of sp³-hybridized carbons (Fsp3) is 0.588. The van der Waals surface area contributed by atoms with E-state index in [0.717, 1.165) is 24.2 Å². The van der Waals surface area contributed by atoms with Crippen LogP contribution in [0.25, 0.3) is 0 Å². The minimum absolute atomic E-state index is 0.0379. The fourth-order valence-corrected chi connectivity index (χ4v) is 3.10. The first-order valence-electron chi connectivity index (χ1n) is 7.56. The van der Waals surface area contributed by atoms with Crippen LogP contribution in [-0.2, 0) is 4.79 Å². The lowest BCUT2D eigenvalue weighted by Crippen LogP contribution is -2.51. The van der Waals surface area contributed by atoms with Crippen molar-refractivity contribution < 1.29 is 9.53 Å². The highest BCUT2D eigenvalue weighted by molar-refractivity contribution is 5.78. The van der Waals surface area contributed by atoms with Gasteiger partial charge in [0.15, 0.2) is 0 Å². The van der Waals surface area contributed by atoms with Crippen LogP contribution in [0.1, 0.15) is 51.6 Å². The standard InChI is InChI=1S/C17H26N2O2/c1-17(2,3)19-15(20)7-5-6-14(18)16(19)12-8-10-13(21-4)11-9-12/h8-11,14,16H,5-7,18H2,1-4H3. The summed E-state index contributed by atoms with van der Waals surface area (Å²) in [5.41, 5.74) is 7.24. The minimum atomic E-state index is -0.246. The summed E-state index contributed by atoms with van der Waals surface area (Å²) in [5.74, 6) is 1.01. The average molecular weight is 290 g/mol. The van der Waals surface area contributed by atoms with E-state index < -0.39 is 0 Å². The second kappa shape index (κ2) is 6.06. The van der Waals surface area contributed by atoms with Gasteiger partial charge in [-0.15, -0.1) is 0 Å². The van der Waals surface area contributed by atoms with E-state index in [9.17, 15) is 4.79 Å². The maximum atomic E-state index is 12.6. The molecule has 1 fully saturated rings. The van der Waals surface area contributed by atoms with Crippen LogP contribution in [0.3, 0.4) is 0 Å². The largest absolute Gasteiger partial charge is 0.497 e. The zero-order valence-electron chi connectivity index (χ0n) is 13.4. The summed E-state index contributed by atoms with van der Waals surface area (Å²) in [7, 11) is 1.65. The van der Waals surface area contributed by atoms with Gasteiger partial charge in [-0.3, -0.25) is 4.79 Å². The predicted octanol–water partition coefficient (Wildman–Crippen LogP) is 2.87. The number of ether oxygens (including phenoxy) is 1. The van der Waals surface area contributed by atoms with Crippen molar-refractivity contribution in [2.45, 2.75) is 57.7 Å². The first kappa shape index (κ1) is 15.8. The van der Waals surface area contributed by atoms with Crippen LogP contribution in [-0.4, -0.2) is 29.5 Å². The number of hydrogen-bond donors (Lipinski definition) is 1. The van der Waals surface area contributed by atoms with Gasteiger partial charge in [0.05, 0.1) is 13.2 Å². The van der Waals surface area contributed by atoms with Gasteiger partial charge in [-0.1, -0.05) is 12.1 Å². The van der Waals surface area contributed by atoms with Crippen LogP contribution >= 0.6 is 0 Å². The van der Waals surface area contributed by atoms with E-state index in [1.54, 1.807) is 7.11 Å². The number of carbonyl (C=O) groups excluding carboxylic acids is 1. The number of methoxy groups -OCH3 is 1. The molecule has 2 rings (SSSR count). The molecule has 0 aromatic heterocycles. The molecule has 2 atom stereocenters. The Labute approximate surface area is 127 Å². The number of nitrogens with two attached hydrogens (primary N) is 1. The van der Waals surface area contributed by atoms with Crippen LogP contribution in [0.5, 0.6) is 5.75 Å². The highest BCUT2D eigenvalue weighted by atomic mass is 16.5. The molecule has 21 heavy (non-hydrogen) atoms. The summed E-state index contributed by atoms with van der Waals surface area (Å²) in [4.78, 5) is 14.5. The van der Waals surface area contributed by atoms with Gasteiger partial charge in [-0.2, -0.15) is 0 Å². The Morgan fingerprint density at radius 2 is 1.86 bits per heavy atom. The van der Waals surface area contributed by atoms with E-state index in [0.29, 0.717) is 6.42 Å². The molecule has 0 radical (unpaired) electrons. The van der Waals surface area contributed by atoms with Crippen LogP contribution in [0.15, 0.2) is 24.3 Å². The molecule has 0 aliphatic carbocycles. The summed E-state index contributed by atoms with van der Waals surface area (Å²) in [6.45, 7) is 6.21. The van der Waals surface area contributed by atoms with E-state index in [1.165, 1.54) is 0 Å². The van der Waals surface area contributed by atoms with Crippen molar-refractivity contribution in [3.05, 3.63) is 29.8 Å². The molecular formula is C17H26N2O2. The summed E-state index contributed by atoms with van der Waals surface area (Å²) < 4.78 is 5.21. The number of carbonyl (C=O) groups is 1. The molecule has 0 spiro atoms. The monoisotopic (exact) mass is 290 g/mol. The van der Waals surface area contributed by atoms with Crippen LogP contribution in [0.2, 0.25) is 0 Å². The third-order valence-electron chi connectivity index (χ3n) is 4.06. The molecule has 2 unspecified atom stereocenters. The molecule has 1 aliphatic rings. The van der Waals surface area contributed by atoms with Gasteiger partial charge in [0, 0.05) is 18.0 Å². The Morgan fingerprint density at radius 3 is 2.38 bits per heavy atom. The third-order valence-corrected chi connectivity index (χ3v) is 4.06. The fourth-order valence-electron chi connectivity index (χ4n) is 3.10. The van der Waals surface area contributed by atoms with E-state index in [1.807, 2.05) is 29.2 Å². The van der Waals surface area contributed by atoms with E-state index >= 15 is 0 Å². The number of amides is 1. The lowest BCUT2D eigenvalue weighted by Gasteiger charge is -2.43. The van der Waals surface area contributed by atoms with Gasteiger partial charge < -0.3 is 15.4 Å². The molecule has 2 N–H and O–H groups in total. The van der Waals surface area contributed by atoms with Gasteiger partial charge in [0.25, 0.3) is 0 Å². The van der Waals surface area contributed by atoms with Crippen LogP contribution in [0, 0.1) is 0 Å². The molecule has 1 aromatic rings. The Hall–Kier alpha value is -1.55. The number of benzene rings is 1. The van der Waals surface area contributed by atoms with Gasteiger partial charge in [0.2, 0.25) is 5.91 Å². The second-order valence-electron chi connectivity index (χ2n) is 6.71. The molecule has 4 heteroatoms. The molecule has 1 heterocycles. The maximum Gasteiger partial charge on any atom is 0.223 e. The van der Waals surface area contributed by atoms with Crippen molar-refractivity contribution in [1.82, 2.24) is 4.90 Å². The molecule has 0 bridgehead atoms. The minimum Gasteiger partial charge on any atom is -0.497 e. The highest BCUT2D eigenvalue weighted by Crippen LogP contribution is 2.35. The summed E-state index contributed by atoms with van der Waals surface area (Å²) in [5, 5.41) is 0. The quantitative estimate of drug-likeness (QED) is 0.911. The molecule has 116 valence electrons. The van der Waals surface area contributed by atoms with Gasteiger partial charge >= 0.3 is 0 Å². The average Bonchev–Trinajstić information content (AvgIpc) is 2.57. The number of hydrogen-bond acceptors (Lipinski definition) is 3. The molecule has 0 saturated carbocycles. The molecule has 1 amide bonds. The van der Waals surface area contributed by atoms with Gasteiger partial charge in [-0.05, 0) is 51.3 Å². The molecule has 1 saturated heterocycles. The second-order valence-corrected chi connectivity index (χ2v) is 6.71. The number of rotatable bonds is 2. The van der Waals surface area contributed by atoms with Crippen LogP contribution < -0.4 is 10.5 Å². The van der Waals surface area contributed by atoms with Crippen molar-refractivity contribution >= 4 is 5.91 Å². The molecule has 4 nitrogen and oxygen atoms in total. The van der Waals surface area contributed by atoms with Crippen LogP contribution in [0.4, 0.5) is 0 Å². The van der Waals surface area contributed by atoms with Crippen molar-refractivity contribution in [1.29, 1.82) is 0 Å². The molecule has 1 aliphatic heterocycles. The van der Waals surface area contributed by atoms with Gasteiger partial charge in [0.1, 0.15) is 5.75 Å².